The van der Waals surface area contributed by atoms with Gasteiger partial charge in [0.15, 0.2) is 5.16 Å². The molecule has 1 saturated carbocycles. The Morgan fingerprint density at radius 1 is 1.22 bits per heavy atom. The molecular weight excluding hydrogens is 444 g/mol. The second kappa shape index (κ2) is 8.37. The number of para-hydroxylation sites is 2. The van der Waals surface area contributed by atoms with Gasteiger partial charge in [-0.15, -0.1) is 11.3 Å². The molecule has 2 amide bonds. The van der Waals surface area contributed by atoms with Crippen molar-refractivity contribution in [3.8, 4) is 0 Å². The van der Waals surface area contributed by atoms with E-state index in [-0.39, 0.29) is 35.7 Å². The average molecular weight is 469 g/mol. The summed E-state index contributed by atoms with van der Waals surface area (Å²) < 4.78 is 1.82. The number of rotatable bonds is 4. The van der Waals surface area contributed by atoms with Gasteiger partial charge in [0, 0.05) is 10.9 Å². The van der Waals surface area contributed by atoms with Crippen molar-refractivity contribution in [1.82, 2.24) is 9.55 Å². The van der Waals surface area contributed by atoms with E-state index in [9.17, 15) is 14.4 Å². The van der Waals surface area contributed by atoms with E-state index in [4.69, 9.17) is 4.98 Å². The molecule has 1 aromatic carbocycles. The molecule has 2 aliphatic rings. The molecule has 3 heterocycles. The summed E-state index contributed by atoms with van der Waals surface area (Å²) in [5.41, 5.74) is 2.33. The highest BCUT2D eigenvalue weighted by Crippen LogP contribution is 2.35. The van der Waals surface area contributed by atoms with E-state index in [1.807, 2.05) is 36.6 Å². The van der Waals surface area contributed by atoms with E-state index < -0.39 is 0 Å². The fraction of sp³-hybridized carbons (Fsp3) is 0.391. The maximum atomic E-state index is 13.5. The molecule has 0 unspecified atom stereocenters. The Kier molecular flexibility index (Phi) is 5.54. The Bertz CT molecular complexity index is 1290. The number of aromatic nitrogens is 2. The van der Waals surface area contributed by atoms with Crippen LogP contribution in [0.3, 0.4) is 0 Å². The van der Waals surface area contributed by atoms with Crippen molar-refractivity contribution in [3.05, 3.63) is 45.1 Å². The molecule has 5 rings (SSSR count). The van der Waals surface area contributed by atoms with Gasteiger partial charge in [0.1, 0.15) is 11.4 Å². The fourth-order valence-electron chi connectivity index (χ4n) is 4.53. The number of aryl methyl sites for hydroxylation is 2. The molecule has 166 valence electrons. The fourth-order valence-corrected chi connectivity index (χ4v) is 6.55. The summed E-state index contributed by atoms with van der Waals surface area (Å²) in [6.07, 6.45) is 4.10. The number of thiophene rings is 1. The van der Waals surface area contributed by atoms with Crippen molar-refractivity contribution < 1.29 is 9.59 Å². The van der Waals surface area contributed by atoms with Crippen molar-refractivity contribution in [1.29, 1.82) is 0 Å². The Morgan fingerprint density at radius 2 is 1.97 bits per heavy atom. The number of fused-ring (bicyclic) bond motifs is 2. The summed E-state index contributed by atoms with van der Waals surface area (Å²) in [5.74, 6) is -0.285. The number of hydrogen-bond donors (Lipinski definition) is 1. The monoisotopic (exact) mass is 468 g/mol. The molecule has 32 heavy (non-hydrogen) atoms. The summed E-state index contributed by atoms with van der Waals surface area (Å²) in [6.45, 7) is 3.98. The quantitative estimate of drug-likeness (QED) is 0.457. The Labute approximate surface area is 193 Å². The molecule has 1 aliphatic carbocycles. The largest absolute Gasteiger partial charge is 0.323 e. The summed E-state index contributed by atoms with van der Waals surface area (Å²) in [7, 11) is 0. The summed E-state index contributed by atoms with van der Waals surface area (Å²) >= 11 is 2.82. The number of nitrogens with zero attached hydrogens (tertiary/aromatic N) is 3. The highest BCUT2D eigenvalue weighted by atomic mass is 32.2. The zero-order chi connectivity index (χ0) is 22.4. The van der Waals surface area contributed by atoms with Crippen LogP contribution in [0.15, 0.2) is 34.2 Å². The lowest BCUT2D eigenvalue weighted by molar-refractivity contribution is -0.120. The van der Waals surface area contributed by atoms with Gasteiger partial charge in [-0.05, 0) is 44.4 Å². The molecule has 1 N–H and O–H groups in total. The summed E-state index contributed by atoms with van der Waals surface area (Å²) in [6, 6.07) is 7.41. The van der Waals surface area contributed by atoms with Crippen LogP contribution in [0.1, 0.15) is 42.2 Å². The first kappa shape index (κ1) is 21.2. The van der Waals surface area contributed by atoms with Crippen LogP contribution in [-0.2, 0) is 9.59 Å². The predicted molar refractivity (Wildman–Crippen MR) is 129 cm³/mol. The van der Waals surface area contributed by atoms with Gasteiger partial charge in [-0.2, -0.15) is 0 Å². The molecular formula is C23H24N4O3S2. The van der Waals surface area contributed by atoms with Crippen molar-refractivity contribution in [2.24, 2.45) is 0 Å². The molecule has 7 nitrogen and oxygen atoms in total. The lowest BCUT2D eigenvalue weighted by atomic mass is 10.2. The SMILES string of the molecule is Cc1sc2nc(SCC(=O)N3CC(=O)Nc4ccccc43)n(C3CCCC3)c(=O)c2c1C. The number of anilines is 2. The molecule has 1 aliphatic heterocycles. The molecule has 3 aromatic rings. The maximum Gasteiger partial charge on any atom is 0.263 e. The van der Waals surface area contributed by atoms with Crippen molar-refractivity contribution in [2.45, 2.75) is 50.7 Å². The van der Waals surface area contributed by atoms with E-state index in [1.165, 1.54) is 28.0 Å². The van der Waals surface area contributed by atoms with Crippen molar-refractivity contribution in [3.63, 3.8) is 0 Å². The Balaban J connectivity index is 1.48. The summed E-state index contributed by atoms with van der Waals surface area (Å²) in [4.78, 5) is 46.9. The minimum absolute atomic E-state index is 0.00129. The molecule has 0 atom stereocenters. The highest BCUT2D eigenvalue weighted by molar-refractivity contribution is 7.99. The smallest absolute Gasteiger partial charge is 0.263 e. The normalized spacial score (nSPS) is 16.4. The van der Waals surface area contributed by atoms with E-state index in [1.54, 1.807) is 6.07 Å². The number of thioether (sulfide) groups is 1. The lowest BCUT2D eigenvalue weighted by Gasteiger charge is -2.29. The number of benzene rings is 1. The number of carbonyl (C=O) groups is 2. The molecule has 1 fully saturated rings. The van der Waals surface area contributed by atoms with Gasteiger partial charge in [0.05, 0.1) is 22.5 Å². The van der Waals surface area contributed by atoms with Crippen LogP contribution in [0.25, 0.3) is 10.2 Å². The molecule has 0 radical (unpaired) electrons. The zero-order valence-corrected chi connectivity index (χ0v) is 19.6. The van der Waals surface area contributed by atoms with Crippen molar-refractivity contribution in [2.75, 3.05) is 22.5 Å². The third-order valence-electron chi connectivity index (χ3n) is 6.29. The average Bonchev–Trinajstić information content (AvgIpc) is 3.39. The highest BCUT2D eigenvalue weighted by Gasteiger charge is 2.29. The van der Waals surface area contributed by atoms with Crippen LogP contribution in [0.4, 0.5) is 11.4 Å². The van der Waals surface area contributed by atoms with Crippen molar-refractivity contribution >= 4 is 56.5 Å². The lowest BCUT2D eigenvalue weighted by Crippen LogP contribution is -2.43. The number of carbonyl (C=O) groups excluding carboxylic acids is 2. The second-order valence-electron chi connectivity index (χ2n) is 8.31. The third kappa shape index (κ3) is 3.63. The van der Waals surface area contributed by atoms with E-state index in [0.29, 0.717) is 21.9 Å². The standard InChI is InChI=1S/C23H24N4O3S2/c1-13-14(2)32-21-20(13)22(30)27(15-7-3-4-8-15)23(25-21)31-12-19(29)26-11-18(28)24-16-9-5-6-10-17(16)26/h5-6,9-10,15H,3-4,7-8,11-12H2,1-2H3,(H,24,28). The van der Waals surface area contributed by atoms with Crippen LogP contribution in [0, 0.1) is 13.8 Å². The van der Waals surface area contributed by atoms with Gasteiger partial charge < -0.3 is 10.2 Å². The van der Waals surface area contributed by atoms with Crippen LogP contribution in [0.2, 0.25) is 0 Å². The van der Waals surface area contributed by atoms with Crippen LogP contribution < -0.4 is 15.8 Å². The Morgan fingerprint density at radius 3 is 2.75 bits per heavy atom. The van der Waals surface area contributed by atoms with Crippen LogP contribution in [0.5, 0.6) is 0 Å². The second-order valence-corrected chi connectivity index (χ2v) is 10.5. The van der Waals surface area contributed by atoms with Gasteiger partial charge in [0.25, 0.3) is 5.56 Å². The molecule has 0 saturated heterocycles. The first-order valence-corrected chi connectivity index (χ1v) is 12.6. The third-order valence-corrected chi connectivity index (χ3v) is 8.33. The molecule has 9 heteroatoms. The number of hydrogen-bond acceptors (Lipinski definition) is 6. The van der Waals surface area contributed by atoms with Crippen LogP contribution in [-0.4, -0.2) is 33.7 Å². The summed E-state index contributed by atoms with van der Waals surface area (Å²) in [5, 5.41) is 4.11. The Hall–Kier alpha value is -2.65. The number of nitrogens with one attached hydrogen (secondary N) is 1. The van der Waals surface area contributed by atoms with Gasteiger partial charge in [-0.25, -0.2) is 4.98 Å². The van der Waals surface area contributed by atoms with Gasteiger partial charge >= 0.3 is 0 Å². The van der Waals surface area contributed by atoms with Gasteiger partial charge in [0.2, 0.25) is 11.8 Å². The van der Waals surface area contributed by atoms with Gasteiger partial charge in [-0.3, -0.25) is 19.0 Å². The number of amides is 2. The van der Waals surface area contributed by atoms with Gasteiger partial charge in [-0.1, -0.05) is 36.7 Å². The van der Waals surface area contributed by atoms with Crippen LogP contribution >= 0.6 is 23.1 Å². The molecule has 2 aromatic heterocycles. The van der Waals surface area contributed by atoms with E-state index >= 15 is 0 Å². The maximum absolute atomic E-state index is 13.5. The topological polar surface area (TPSA) is 84.3 Å². The molecule has 0 bridgehead atoms. The minimum Gasteiger partial charge on any atom is -0.323 e. The van der Waals surface area contributed by atoms with E-state index in [0.717, 1.165) is 41.0 Å². The predicted octanol–water partition coefficient (Wildman–Crippen LogP) is 4.27. The zero-order valence-electron chi connectivity index (χ0n) is 18.0. The molecule has 0 spiro atoms. The first-order valence-electron chi connectivity index (χ1n) is 10.8. The minimum atomic E-state index is -0.214. The van der Waals surface area contributed by atoms with E-state index in [2.05, 4.69) is 5.32 Å². The first-order chi connectivity index (χ1) is 15.4.